The standard InChI is InChI=1S/C16H11FN2O2.C6H5F.C2H2/c17-13-5-3-11(4-6-13)1-2-12-7-8-18-14(9-12)15-10-21-16(20)19-15;7-6-4-2-1-3-5-6;1-2/h3-9,15H,10H2,(H,19,20);1-5H;1-2H/t15-;;/m0../s1. The normalized spacial score (nSPS) is 13.7. The molecule has 1 amide bonds. The number of hydrogen-bond donors (Lipinski definition) is 1. The molecular weight excluding hydrogens is 386 g/mol. The highest BCUT2D eigenvalue weighted by Crippen LogP contribution is 2.16. The molecule has 0 unspecified atom stereocenters. The molecule has 4 nitrogen and oxygen atoms in total. The van der Waals surface area contributed by atoms with E-state index in [1.807, 2.05) is 0 Å². The number of nitrogens with zero attached hydrogens (tertiary/aromatic N) is 1. The summed E-state index contributed by atoms with van der Waals surface area (Å²) in [7, 11) is 0. The summed E-state index contributed by atoms with van der Waals surface area (Å²) in [5.41, 5.74) is 2.20. The van der Waals surface area contributed by atoms with Crippen LogP contribution in [-0.2, 0) is 4.74 Å². The molecule has 150 valence electrons. The van der Waals surface area contributed by atoms with Crippen LogP contribution in [0.25, 0.3) is 0 Å². The van der Waals surface area contributed by atoms with Crippen LogP contribution in [-0.4, -0.2) is 17.7 Å². The summed E-state index contributed by atoms with van der Waals surface area (Å²) in [6.45, 7) is 0.265. The predicted molar refractivity (Wildman–Crippen MR) is 110 cm³/mol. The Morgan fingerprint density at radius 2 is 1.57 bits per heavy atom. The van der Waals surface area contributed by atoms with Gasteiger partial charge in [-0.05, 0) is 48.5 Å². The number of halogens is 2. The number of ether oxygens (including phenoxy) is 1. The van der Waals surface area contributed by atoms with Gasteiger partial charge in [-0.1, -0.05) is 30.0 Å². The fraction of sp³-hybridized carbons (Fsp3) is 0.0833. The fourth-order valence-corrected chi connectivity index (χ4v) is 2.35. The van der Waals surface area contributed by atoms with Crippen molar-refractivity contribution in [2.45, 2.75) is 6.04 Å². The highest BCUT2D eigenvalue weighted by atomic mass is 19.1. The molecule has 1 aliphatic heterocycles. The van der Waals surface area contributed by atoms with E-state index in [2.05, 4.69) is 35.0 Å². The van der Waals surface area contributed by atoms with Crippen molar-refractivity contribution in [3.8, 4) is 24.7 Å². The lowest BCUT2D eigenvalue weighted by Gasteiger charge is -2.06. The maximum Gasteiger partial charge on any atom is 0.407 e. The Morgan fingerprint density at radius 1 is 0.933 bits per heavy atom. The van der Waals surface area contributed by atoms with Crippen molar-refractivity contribution in [2.75, 3.05) is 6.61 Å². The summed E-state index contributed by atoms with van der Waals surface area (Å²) in [5, 5.41) is 2.66. The fourth-order valence-electron chi connectivity index (χ4n) is 2.35. The van der Waals surface area contributed by atoms with Gasteiger partial charge >= 0.3 is 6.09 Å². The first-order chi connectivity index (χ1) is 14.6. The molecule has 3 aromatic rings. The number of cyclic esters (lactones) is 1. The van der Waals surface area contributed by atoms with Crippen molar-refractivity contribution in [1.82, 2.24) is 10.3 Å². The van der Waals surface area contributed by atoms with Gasteiger partial charge in [0, 0.05) is 17.3 Å². The number of pyridine rings is 1. The summed E-state index contributed by atoms with van der Waals surface area (Å²) in [5.74, 6) is 5.47. The zero-order chi connectivity index (χ0) is 21.8. The highest BCUT2D eigenvalue weighted by molar-refractivity contribution is 5.69. The number of terminal acetylenes is 1. The maximum atomic E-state index is 12.8. The molecule has 0 aliphatic carbocycles. The van der Waals surface area contributed by atoms with Crippen molar-refractivity contribution in [3.63, 3.8) is 0 Å². The molecule has 2 heterocycles. The molecule has 4 rings (SSSR count). The van der Waals surface area contributed by atoms with Crippen LogP contribution >= 0.6 is 0 Å². The number of aromatic nitrogens is 1. The van der Waals surface area contributed by atoms with Gasteiger partial charge in [-0.3, -0.25) is 4.98 Å². The van der Waals surface area contributed by atoms with E-state index in [9.17, 15) is 13.6 Å². The Morgan fingerprint density at radius 3 is 2.13 bits per heavy atom. The largest absolute Gasteiger partial charge is 0.447 e. The second-order valence-corrected chi connectivity index (χ2v) is 5.82. The van der Waals surface area contributed by atoms with Crippen molar-refractivity contribution in [3.05, 3.63) is 101 Å². The van der Waals surface area contributed by atoms with E-state index < -0.39 is 6.09 Å². The number of alkyl carbamates (subject to hydrolysis) is 1. The topological polar surface area (TPSA) is 51.2 Å². The molecule has 1 saturated heterocycles. The van der Waals surface area contributed by atoms with Gasteiger partial charge in [0.15, 0.2) is 0 Å². The van der Waals surface area contributed by atoms with E-state index >= 15 is 0 Å². The summed E-state index contributed by atoms with van der Waals surface area (Å²) in [4.78, 5) is 15.2. The third kappa shape index (κ3) is 7.10. The Balaban J connectivity index is 0.000000299. The van der Waals surface area contributed by atoms with Crippen LogP contribution in [0.3, 0.4) is 0 Å². The SMILES string of the molecule is C#C.Fc1ccccc1.O=C1N[C@H](c2cc(C#Cc3ccc(F)cc3)ccn2)CO1. The van der Waals surface area contributed by atoms with E-state index in [4.69, 9.17) is 4.74 Å². The lowest BCUT2D eigenvalue weighted by Crippen LogP contribution is -2.19. The summed E-state index contributed by atoms with van der Waals surface area (Å²) in [6.07, 6.45) is 9.19. The first kappa shape index (κ1) is 22.1. The molecule has 1 N–H and O–H groups in total. The van der Waals surface area contributed by atoms with Crippen LogP contribution in [0.5, 0.6) is 0 Å². The zero-order valence-electron chi connectivity index (χ0n) is 15.9. The average molecular weight is 404 g/mol. The molecule has 2 aromatic carbocycles. The molecule has 0 saturated carbocycles. The number of benzene rings is 2. The predicted octanol–water partition coefficient (Wildman–Crippen LogP) is 4.48. The van der Waals surface area contributed by atoms with Gasteiger partial charge in [-0.2, -0.15) is 0 Å². The second-order valence-electron chi connectivity index (χ2n) is 5.82. The number of rotatable bonds is 1. The van der Waals surface area contributed by atoms with Crippen LogP contribution in [0.1, 0.15) is 22.9 Å². The zero-order valence-corrected chi connectivity index (χ0v) is 15.9. The molecule has 1 fully saturated rings. The van der Waals surface area contributed by atoms with Gasteiger partial charge in [0.05, 0.1) is 5.69 Å². The Labute approximate surface area is 173 Å². The van der Waals surface area contributed by atoms with Crippen molar-refractivity contribution < 1.29 is 18.3 Å². The number of amides is 1. The monoisotopic (exact) mass is 404 g/mol. The minimum absolute atomic E-state index is 0.178. The number of carbonyl (C=O) groups is 1. The molecular formula is C24H18F2N2O2. The maximum absolute atomic E-state index is 12.8. The molecule has 0 radical (unpaired) electrons. The summed E-state index contributed by atoms with van der Waals surface area (Å²) < 4.78 is 29.5. The smallest absolute Gasteiger partial charge is 0.407 e. The molecule has 0 spiro atoms. The Bertz CT molecular complexity index is 1040. The third-order valence-corrected chi connectivity index (χ3v) is 3.74. The van der Waals surface area contributed by atoms with E-state index in [0.29, 0.717) is 5.69 Å². The van der Waals surface area contributed by atoms with E-state index in [0.717, 1.165) is 11.1 Å². The Hall–Kier alpha value is -4.16. The Kier molecular flexibility index (Phi) is 8.58. The van der Waals surface area contributed by atoms with Crippen molar-refractivity contribution >= 4 is 6.09 Å². The third-order valence-electron chi connectivity index (χ3n) is 3.74. The minimum Gasteiger partial charge on any atom is -0.447 e. The van der Waals surface area contributed by atoms with Crippen molar-refractivity contribution in [1.29, 1.82) is 0 Å². The highest BCUT2D eigenvalue weighted by Gasteiger charge is 2.24. The molecule has 1 aliphatic rings. The summed E-state index contributed by atoms with van der Waals surface area (Å²) >= 11 is 0. The van der Waals surface area contributed by atoms with Gasteiger partial charge in [-0.25, -0.2) is 13.6 Å². The molecule has 0 bridgehead atoms. The molecule has 1 atom stereocenters. The van der Waals surface area contributed by atoms with E-state index in [-0.39, 0.29) is 24.3 Å². The van der Waals surface area contributed by atoms with Gasteiger partial charge in [0.25, 0.3) is 0 Å². The first-order valence-corrected chi connectivity index (χ1v) is 8.81. The van der Waals surface area contributed by atoms with Gasteiger partial charge in [0.2, 0.25) is 0 Å². The number of hydrogen-bond acceptors (Lipinski definition) is 3. The lowest BCUT2D eigenvalue weighted by atomic mass is 10.1. The van der Waals surface area contributed by atoms with Crippen LogP contribution in [0.4, 0.5) is 13.6 Å². The minimum atomic E-state index is -0.440. The lowest BCUT2D eigenvalue weighted by molar-refractivity contribution is 0.177. The number of nitrogens with one attached hydrogen (secondary N) is 1. The van der Waals surface area contributed by atoms with Crippen LogP contribution < -0.4 is 5.32 Å². The van der Waals surface area contributed by atoms with Gasteiger partial charge in [-0.15, -0.1) is 12.8 Å². The van der Waals surface area contributed by atoms with Crippen LogP contribution in [0, 0.1) is 36.3 Å². The average Bonchev–Trinajstić information content (AvgIpc) is 3.22. The number of carbonyl (C=O) groups excluding carboxylic acids is 1. The van der Waals surface area contributed by atoms with Crippen LogP contribution in [0.2, 0.25) is 0 Å². The molecule has 6 heteroatoms. The van der Waals surface area contributed by atoms with E-state index in [1.54, 1.807) is 48.7 Å². The molecule has 30 heavy (non-hydrogen) atoms. The summed E-state index contributed by atoms with van der Waals surface area (Å²) in [6, 6.07) is 17.2. The van der Waals surface area contributed by atoms with Crippen LogP contribution in [0.15, 0.2) is 72.9 Å². The molecule has 1 aromatic heterocycles. The van der Waals surface area contributed by atoms with Gasteiger partial charge < -0.3 is 10.1 Å². The van der Waals surface area contributed by atoms with Gasteiger partial charge in [0.1, 0.15) is 24.3 Å². The van der Waals surface area contributed by atoms with Crippen molar-refractivity contribution in [2.24, 2.45) is 0 Å². The second kappa shape index (κ2) is 11.6. The first-order valence-electron chi connectivity index (χ1n) is 8.81. The quantitative estimate of drug-likeness (QED) is 0.609. The van der Waals surface area contributed by atoms with E-state index in [1.165, 1.54) is 24.3 Å².